The molecule has 0 bridgehead atoms. The summed E-state index contributed by atoms with van der Waals surface area (Å²) in [6.45, 7) is 19.2. The van der Waals surface area contributed by atoms with Crippen LogP contribution in [0.2, 0.25) is 0 Å². The van der Waals surface area contributed by atoms with Gasteiger partial charge in [0.2, 0.25) is 11.8 Å². The van der Waals surface area contributed by atoms with Crippen molar-refractivity contribution in [3.63, 3.8) is 0 Å². The van der Waals surface area contributed by atoms with Crippen LogP contribution in [-0.2, 0) is 22.7 Å². The molecule has 0 aliphatic heterocycles. The molecule has 380 valence electrons. The molecule has 4 atom stereocenters. The first-order valence-electron chi connectivity index (χ1n) is 24.9. The van der Waals surface area contributed by atoms with Crippen molar-refractivity contribution in [2.75, 3.05) is 13.1 Å². The summed E-state index contributed by atoms with van der Waals surface area (Å²) in [7, 11) is 0. The minimum absolute atomic E-state index is 0.00474. The molecule has 0 spiro atoms. The Morgan fingerprint density at radius 2 is 0.861 bits per heavy atom. The van der Waals surface area contributed by atoms with Crippen molar-refractivity contribution >= 4 is 23.9 Å². The Morgan fingerprint density at radius 3 is 1.25 bits per heavy atom. The van der Waals surface area contributed by atoms with E-state index in [1.165, 1.54) is 11.6 Å². The molecule has 6 amide bonds. The second-order valence-corrected chi connectivity index (χ2v) is 19.1. The molecule has 13 heteroatoms. The van der Waals surface area contributed by atoms with E-state index in [9.17, 15) is 23.6 Å². The van der Waals surface area contributed by atoms with Crippen LogP contribution < -0.4 is 21.3 Å². The lowest BCUT2D eigenvalue weighted by Crippen LogP contribution is -2.47. The minimum Gasteiger partial charge on any atom is -0.338 e. The molecule has 0 saturated heterocycles. The molecule has 6 aromatic rings. The smallest absolute Gasteiger partial charge is 0.315 e. The topological polar surface area (TPSA) is 149 Å². The molecule has 6 rings (SSSR count). The fourth-order valence-electron chi connectivity index (χ4n) is 9.24. The van der Waals surface area contributed by atoms with Crippen molar-refractivity contribution in [2.24, 2.45) is 0 Å². The Balaban J connectivity index is 0.000000267. The highest BCUT2D eigenvalue weighted by Crippen LogP contribution is 2.37. The van der Waals surface area contributed by atoms with E-state index in [0.717, 1.165) is 27.8 Å². The van der Waals surface area contributed by atoms with Crippen molar-refractivity contribution in [1.82, 2.24) is 41.0 Å². The van der Waals surface area contributed by atoms with Crippen molar-refractivity contribution in [1.29, 1.82) is 0 Å². The number of aryl methyl sites for hydroxylation is 1. The number of amides is 6. The summed E-state index contributed by atoms with van der Waals surface area (Å²) in [4.78, 5) is 66.0. The van der Waals surface area contributed by atoms with Gasteiger partial charge in [0.15, 0.2) is 0 Å². The van der Waals surface area contributed by atoms with Crippen LogP contribution in [0.4, 0.5) is 14.0 Å². The second-order valence-electron chi connectivity index (χ2n) is 19.1. The molecule has 4 N–H and O–H groups in total. The summed E-state index contributed by atoms with van der Waals surface area (Å²) < 4.78 is 13.9. The third-order valence-corrected chi connectivity index (χ3v) is 12.5. The van der Waals surface area contributed by atoms with Crippen LogP contribution in [0.15, 0.2) is 158 Å². The molecule has 2 heterocycles. The molecule has 0 radical (unpaired) electrons. The molecule has 72 heavy (non-hydrogen) atoms. The highest BCUT2D eigenvalue weighted by molar-refractivity contribution is 5.86. The first kappa shape index (κ1) is 55.5. The zero-order valence-electron chi connectivity index (χ0n) is 43.3. The van der Waals surface area contributed by atoms with Gasteiger partial charge in [-0.05, 0) is 108 Å². The number of aromatic nitrogens is 2. The lowest BCUT2D eigenvalue weighted by molar-refractivity contribution is -0.138. The Bertz CT molecular complexity index is 2570. The molecule has 12 nitrogen and oxygen atoms in total. The summed E-state index contributed by atoms with van der Waals surface area (Å²) in [6.07, 6.45) is 6.87. The number of nitrogens with one attached hydrogen (secondary N) is 4. The van der Waals surface area contributed by atoms with Crippen molar-refractivity contribution in [3.8, 4) is 0 Å². The highest BCUT2D eigenvalue weighted by atomic mass is 19.1. The molecule has 4 aromatic carbocycles. The number of urea groups is 2. The first-order valence-corrected chi connectivity index (χ1v) is 24.9. The van der Waals surface area contributed by atoms with Crippen LogP contribution in [0.1, 0.15) is 118 Å². The van der Waals surface area contributed by atoms with Crippen molar-refractivity contribution in [3.05, 3.63) is 203 Å². The number of nitrogens with zero attached hydrogens (tertiary/aromatic N) is 4. The van der Waals surface area contributed by atoms with E-state index in [4.69, 9.17) is 0 Å². The number of rotatable bonds is 20. The van der Waals surface area contributed by atoms with Gasteiger partial charge in [0.1, 0.15) is 5.82 Å². The molecule has 0 saturated carbocycles. The minimum atomic E-state index is -0.558. The second kappa shape index (κ2) is 27.8. The molecular weight excluding hydrogens is 904 g/mol. The number of hydrogen-bond donors (Lipinski definition) is 4. The Labute approximate surface area is 426 Å². The third-order valence-electron chi connectivity index (χ3n) is 12.5. The van der Waals surface area contributed by atoms with Crippen LogP contribution in [0.25, 0.3) is 0 Å². The maximum Gasteiger partial charge on any atom is 0.315 e. The molecule has 0 aliphatic carbocycles. The molecule has 2 aromatic heterocycles. The number of carbonyl (C=O) groups is 4. The monoisotopic (exact) mass is 977 g/mol. The van der Waals surface area contributed by atoms with Gasteiger partial charge in [0, 0.05) is 92.5 Å². The summed E-state index contributed by atoms with van der Waals surface area (Å²) in [6, 6.07) is 40.9. The van der Waals surface area contributed by atoms with Crippen molar-refractivity contribution < 1.29 is 23.6 Å². The largest absolute Gasteiger partial charge is 0.338 e. The molecule has 0 aliphatic rings. The average Bonchev–Trinajstić information content (AvgIpc) is 3.36. The van der Waals surface area contributed by atoms with Gasteiger partial charge in [-0.15, -0.1) is 0 Å². The van der Waals surface area contributed by atoms with E-state index in [2.05, 4.69) is 31.2 Å². The van der Waals surface area contributed by atoms with Gasteiger partial charge in [-0.1, -0.05) is 121 Å². The number of halogens is 1. The van der Waals surface area contributed by atoms with Gasteiger partial charge in [0.25, 0.3) is 0 Å². The van der Waals surface area contributed by atoms with Crippen LogP contribution in [0.5, 0.6) is 0 Å². The highest BCUT2D eigenvalue weighted by Gasteiger charge is 2.38. The molecule has 0 fully saturated rings. The number of carbonyl (C=O) groups excluding carboxylic acids is 4. The lowest BCUT2D eigenvalue weighted by atomic mass is 9.80. The predicted octanol–water partition coefficient (Wildman–Crippen LogP) is 10.6. The Morgan fingerprint density at radius 1 is 0.472 bits per heavy atom. The van der Waals surface area contributed by atoms with Crippen molar-refractivity contribution in [2.45, 2.75) is 123 Å². The van der Waals surface area contributed by atoms with Crippen LogP contribution in [0, 0.1) is 12.7 Å². The normalized spacial score (nSPS) is 12.8. The fraction of sp³-hybridized carbons (Fsp3) is 0.356. The van der Waals surface area contributed by atoms with Crippen LogP contribution in [0.3, 0.4) is 0 Å². The summed E-state index contributed by atoms with van der Waals surface area (Å²) in [5.41, 5.74) is 6.16. The van der Waals surface area contributed by atoms with Gasteiger partial charge >= 0.3 is 12.1 Å². The van der Waals surface area contributed by atoms with Gasteiger partial charge in [0.05, 0.1) is 11.8 Å². The van der Waals surface area contributed by atoms with Gasteiger partial charge in [-0.3, -0.25) is 19.6 Å². The number of benzene rings is 4. The summed E-state index contributed by atoms with van der Waals surface area (Å²) >= 11 is 0. The molecule has 4 unspecified atom stereocenters. The van der Waals surface area contributed by atoms with E-state index in [1.54, 1.807) is 43.0 Å². The quantitative estimate of drug-likeness (QED) is 0.0599. The number of pyridine rings is 2. The van der Waals surface area contributed by atoms with E-state index in [0.29, 0.717) is 18.7 Å². The zero-order valence-corrected chi connectivity index (χ0v) is 43.3. The molecular formula is C59H73FN8O4. The first-order chi connectivity index (χ1) is 34.6. The summed E-state index contributed by atoms with van der Waals surface area (Å²) in [5.74, 6) is -2.03. The van der Waals surface area contributed by atoms with Gasteiger partial charge in [-0.25, -0.2) is 14.0 Å². The van der Waals surface area contributed by atoms with E-state index >= 15 is 0 Å². The van der Waals surface area contributed by atoms with E-state index in [1.807, 2.05) is 181 Å². The predicted molar refractivity (Wildman–Crippen MR) is 285 cm³/mol. The zero-order chi connectivity index (χ0) is 52.2. The van der Waals surface area contributed by atoms with Gasteiger partial charge in [-0.2, -0.15) is 0 Å². The Kier molecular flexibility index (Phi) is 21.5. The van der Waals surface area contributed by atoms with E-state index < -0.39 is 17.9 Å². The van der Waals surface area contributed by atoms with E-state index in [-0.39, 0.29) is 72.8 Å². The standard InChI is InChI=1S/C30H38N4O2.C29H35FN4O2/c1-21(2)34(22(3)4)29(35)28(26-12-9-17-31-19-26)27(25-10-7-6-8-11-25)20-33-30(36)32-18-24-15-13-23(5)14-16-24;1-20(2)34(21(3)4)28(35)27(24-14-10-16-31-17-24)25(22-11-6-5-7-12-22)19-33-29(36)32-18-23-13-8-9-15-26(23)30/h6-17,19,21-22,27-28H,18,20H2,1-5H3,(H2,32,33,36);5-17,20-21,25,27H,18-19H2,1-4H3,(H2,32,33,36). The number of hydrogen-bond acceptors (Lipinski definition) is 6. The van der Waals surface area contributed by atoms with Crippen LogP contribution in [-0.4, -0.2) is 80.9 Å². The third kappa shape index (κ3) is 16.1. The van der Waals surface area contributed by atoms with Crippen LogP contribution >= 0.6 is 0 Å². The fourth-order valence-corrected chi connectivity index (χ4v) is 9.24. The maximum atomic E-state index is 14.1. The maximum absolute atomic E-state index is 14.1. The SMILES string of the molecule is CC(C)N(C(=O)C(c1cccnc1)C(CNC(=O)NCc1ccccc1F)c1ccccc1)C(C)C.Cc1ccc(CNC(=O)NCC(c2ccccc2)C(C(=O)N(C(C)C)C(C)C)c2cccnc2)cc1. The summed E-state index contributed by atoms with van der Waals surface area (Å²) in [5, 5.41) is 11.6. The van der Waals surface area contributed by atoms with Gasteiger partial charge < -0.3 is 31.1 Å². The lowest BCUT2D eigenvalue weighted by Gasteiger charge is -2.37. The average molecular weight is 977 g/mol. The Hall–Kier alpha value is -7.41.